The number of hydrogen-bond acceptors (Lipinski definition) is 4. The fraction of sp³-hybridized carbons (Fsp3) is 0.545. The molecule has 0 N–H and O–H groups in total. The van der Waals surface area contributed by atoms with Gasteiger partial charge in [0, 0.05) is 7.11 Å². The Kier molecular flexibility index (Phi) is 3.59. The Hall–Kier alpha value is -1.20. The monoisotopic (exact) mass is 254 g/mol. The topological polar surface area (TPSA) is 52.8 Å². The Morgan fingerprint density at radius 1 is 1.47 bits per heavy atom. The summed E-state index contributed by atoms with van der Waals surface area (Å²) in [6.07, 6.45) is 2.69. The number of halogens is 1. The van der Waals surface area contributed by atoms with Crippen LogP contribution in [0.3, 0.4) is 0 Å². The van der Waals surface area contributed by atoms with Crippen LogP contribution in [0.2, 0.25) is 5.15 Å². The number of methoxy groups -OCH3 is 1. The van der Waals surface area contributed by atoms with Crippen LogP contribution in [-0.2, 0) is 4.74 Å². The number of fused-ring (bicyclic) bond motifs is 1. The summed E-state index contributed by atoms with van der Waals surface area (Å²) in [5.74, 6) is 0.650. The average molecular weight is 255 g/mol. The second-order valence-electron chi connectivity index (χ2n) is 3.90. The third-order valence-electron chi connectivity index (χ3n) is 2.71. The van der Waals surface area contributed by atoms with Crippen LogP contribution < -0.4 is 0 Å². The van der Waals surface area contributed by atoms with E-state index >= 15 is 0 Å². The Balaban J connectivity index is 2.54. The molecule has 0 aliphatic rings. The second kappa shape index (κ2) is 4.98. The number of ether oxygens (including phenoxy) is 1. The zero-order valence-corrected chi connectivity index (χ0v) is 10.9. The van der Waals surface area contributed by atoms with E-state index in [2.05, 4.69) is 21.9 Å². The third-order valence-corrected chi connectivity index (χ3v) is 2.98. The van der Waals surface area contributed by atoms with Gasteiger partial charge in [-0.05, 0) is 13.3 Å². The van der Waals surface area contributed by atoms with E-state index in [-0.39, 0.29) is 6.04 Å². The molecule has 0 aliphatic heterocycles. The Morgan fingerprint density at radius 2 is 2.24 bits per heavy atom. The predicted molar refractivity (Wildman–Crippen MR) is 66.3 cm³/mol. The van der Waals surface area contributed by atoms with Gasteiger partial charge in [-0.2, -0.15) is 0 Å². The maximum atomic E-state index is 6.04. The Morgan fingerprint density at radius 3 is 2.88 bits per heavy atom. The summed E-state index contributed by atoms with van der Waals surface area (Å²) in [6.45, 7) is 4.55. The molecular formula is C11H15ClN4O. The van der Waals surface area contributed by atoms with Gasteiger partial charge in [0.2, 0.25) is 0 Å². The van der Waals surface area contributed by atoms with Gasteiger partial charge in [-0.3, -0.25) is 0 Å². The molecule has 2 heterocycles. The van der Waals surface area contributed by atoms with Crippen molar-refractivity contribution in [3.8, 4) is 0 Å². The molecule has 0 fully saturated rings. The summed E-state index contributed by atoms with van der Waals surface area (Å²) in [5.41, 5.74) is 1.42. The van der Waals surface area contributed by atoms with Gasteiger partial charge in [0.05, 0.1) is 19.0 Å². The van der Waals surface area contributed by atoms with Crippen molar-refractivity contribution in [2.75, 3.05) is 13.7 Å². The molecule has 0 spiro atoms. The third kappa shape index (κ3) is 2.25. The van der Waals surface area contributed by atoms with Crippen molar-refractivity contribution in [3.63, 3.8) is 0 Å². The normalized spacial score (nSPS) is 13.2. The molecule has 0 saturated carbocycles. The SMILES string of the molecule is CCC(COC)n1cnc2c(Cl)nc(C)nc21. The van der Waals surface area contributed by atoms with Crippen LogP contribution in [0.5, 0.6) is 0 Å². The van der Waals surface area contributed by atoms with Gasteiger partial charge in [-0.25, -0.2) is 15.0 Å². The van der Waals surface area contributed by atoms with Crippen molar-refractivity contribution in [1.29, 1.82) is 0 Å². The summed E-state index contributed by atoms with van der Waals surface area (Å²) >= 11 is 6.04. The first-order chi connectivity index (χ1) is 8.17. The smallest absolute Gasteiger partial charge is 0.165 e. The van der Waals surface area contributed by atoms with Crippen molar-refractivity contribution in [2.24, 2.45) is 0 Å². The highest BCUT2D eigenvalue weighted by Crippen LogP contribution is 2.23. The highest BCUT2D eigenvalue weighted by molar-refractivity contribution is 6.33. The molecule has 1 atom stereocenters. The summed E-state index contributed by atoms with van der Waals surface area (Å²) in [6, 6.07) is 0.218. The number of hydrogen-bond donors (Lipinski definition) is 0. The maximum absolute atomic E-state index is 6.04. The molecule has 92 valence electrons. The maximum Gasteiger partial charge on any atom is 0.165 e. The summed E-state index contributed by atoms with van der Waals surface area (Å²) in [7, 11) is 1.69. The van der Waals surface area contributed by atoms with Crippen LogP contribution in [0.15, 0.2) is 6.33 Å². The lowest BCUT2D eigenvalue weighted by Crippen LogP contribution is -2.13. The van der Waals surface area contributed by atoms with Gasteiger partial charge in [-0.15, -0.1) is 0 Å². The number of nitrogens with zero attached hydrogens (tertiary/aromatic N) is 4. The van der Waals surface area contributed by atoms with E-state index in [9.17, 15) is 0 Å². The zero-order chi connectivity index (χ0) is 12.4. The molecule has 6 heteroatoms. The summed E-state index contributed by atoms with van der Waals surface area (Å²) in [4.78, 5) is 12.8. The lowest BCUT2D eigenvalue weighted by Gasteiger charge is -2.15. The Labute approximate surface area is 105 Å². The fourth-order valence-corrected chi connectivity index (χ4v) is 2.09. The zero-order valence-electron chi connectivity index (χ0n) is 10.1. The molecule has 0 amide bonds. The minimum absolute atomic E-state index is 0.218. The number of aromatic nitrogens is 4. The predicted octanol–water partition coefficient (Wildman–Crippen LogP) is 2.39. The largest absolute Gasteiger partial charge is 0.383 e. The number of imidazole rings is 1. The van der Waals surface area contributed by atoms with Crippen LogP contribution in [0, 0.1) is 6.92 Å². The molecule has 2 aromatic heterocycles. The van der Waals surface area contributed by atoms with E-state index in [0.29, 0.717) is 23.1 Å². The van der Waals surface area contributed by atoms with E-state index < -0.39 is 0 Å². The quantitative estimate of drug-likeness (QED) is 0.786. The molecule has 5 nitrogen and oxygen atoms in total. The van der Waals surface area contributed by atoms with E-state index in [0.717, 1.165) is 12.1 Å². The van der Waals surface area contributed by atoms with Crippen molar-refractivity contribution in [3.05, 3.63) is 17.3 Å². The highest BCUT2D eigenvalue weighted by Gasteiger charge is 2.15. The lowest BCUT2D eigenvalue weighted by atomic mass is 10.2. The number of aryl methyl sites for hydroxylation is 1. The van der Waals surface area contributed by atoms with Crippen LogP contribution >= 0.6 is 11.6 Å². The van der Waals surface area contributed by atoms with Crippen molar-refractivity contribution in [1.82, 2.24) is 19.5 Å². The fourth-order valence-electron chi connectivity index (χ4n) is 1.84. The van der Waals surface area contributed by atoms with Crippen molar-refractivity contribution < 1.29 is 4.74 Å². The average Bonchev–Trinajstić information content (AvgIpc) is 2.69. The standard InChI is InChI=1S/C11H15ClN4O/c1-4-8(5-17-3)16-6-13-9-10(12)14-7(2)15-11(9)16/h6,8H,4-5H2,1-3H3. The van der Waals surface area contributed by atoms with Crippen LogP contribution in [0.4, 0.5) is 0 Å². The van der Waals surface area contributed by atoms with E-state index in [4.69, 9.17) is 16.3 Å². The van der Waals surface area contributed by atoms with Gasteiger partial charge in [0.1, 0.15) is 11.3 Å². The lowest BCUT2D eigenvalue weighted by molar-refractivity contribution is 0.154. The molecule has 0 bridgehead atoms. The minimum Gasteiger partial charge on any atom is -0.383 e. The summed E-state index contributed by atoms with van der Waals surface area (Å²) < 4.78 is 7.20. The first kappa shape index (κ1) is 12.3. The summed E-state index contributed by atoms with van der Waals surface area (Å²) in [5, 5.41) is 0.401. The molecule has 2 rings (SSSR count). The molecule has 0 aliphatic carbocycles. The van der Waals surface area contributed by atoms with Crippen LogP contribution in [0.1, 0.15) is 25.2 Å². The van der Waals surface area contributed by atoms with Crippen LogP contribution in [0.25, 0.3) is 11.2 Å². The molecule has 2 aromatic rings. The molecule has 0 saturated heterocycles. The van der Waals surface area contributed by atoms with E-state index in [1.807, 2.05) is 11.5 Å². The Bertz CT molecular complexity index is 525. The van der Waals surface area contributed by atoms with Crippen molar-refractivity contribution >= 4 is 22.8 Å². The number of rotatable bonds is 4. The van der Waals surface area contributed by atoms with Crippen LogP contribution in [-0.4, -0.2) is 33.2 Å². The molecular weight excluding hydrogens is 240 g/mol. The molecule has 0 aromatic carbocycles. The van der Waals surface area contributed by atoms with E-state index in [1.165, 1.54) is 0 Å². The highest BCUT2D eigenvalue weighted by atomic mass is 35.5. The van der Waals surface area contributed by atoms with Gasteiger partial charge in [0.25, 0.3) is 0 Å². The van der Waals surface area contributed by atoms with Crippen molar-refractivity contribution in [2.45, 2.75) is 26.3 Å². The first-order valence-electron chi connectivity index (χ1n) is 5.53. The molecule has 1 unspecified atom stereocenters. The van der Waals surface area contributed by atoms with Gasteiger partial charge in [0.15, 0.2) is 10.8 Å². The minimum atomic E-state index is 0.218. The molecule has 17 heavy (non-hydrogen) atoms. The first-order valence-corrected chi connectivity index (χ1v) is 5.90. The van der Waals surface area contributed by atoms with Gasteiger partial charge >= 0.3 is 0 Å². The van der Waals surface area contributed by atoms with E-state index in [1.54, 1.807) is 13.4 Å². The van der Waals surface area contributed by atoms with Gasteiger partial charge < -0.3 is 9.30 Å². The molecule has 0 radical (unpaired) electrons. The second-order valence-corrected chi connectivity index (χ2v) is 4.26. The van der Waals surface area contributed by atoms with Gasteiger partial charge in [-0.1, -0.05) is 18.5 Å².